The molecule has 2 heterocycles. The van der Waals surface area contributed by atoms with E-state index in [4.69, 9.17) is 18.9 Å². The molecule has 0 saturated carbocycles. The monoisotopic (exact) mass is 920 g/mol. The molecule has 2 N–H and O–H groups in total. The minimum absolute atomic E-state index is 0. The van der Waals surface area contributed by atoms with Gasteiger partial charge in [-0.1, -0.05) is 63.4 Å². The Morgan fingerprint density at radius 3 is 1.36 bits per heavy atom. The minimum atomic E-state index is -0.942. The molecule has 0 spiro atoms. The van der Waals surface area contributed by atoms with Crippen molar-refractivity contribution in [2.45, 2.75) is 90.5 Å². The van der Waals surface area contributed by atoms with Gasteiger partial charge in [-0.2, -0.15) is 0 Å². The van der Waals surface area contributed by atoms with Gasteiger partial charge in [0.05, 0.1) is 25.8 Å². The molecule has 0 radical (unpaired) electrons. The van der Waals surface area contributed by atoms with Crippen LogP contribution in [0.2, 0.25) is 0 Å². The maximum Gasteiger partial charge on any atom is 2.00 e. The fourth-order valence-electron chi connectivity index (χ4n) is 7.02. The summed E-state index contributed by atoms with van der Waals surface area (Å²) in [6.45, 7) is 11.7. The number of thioether (sulfide) groups is 2. The second-order valence-corrected chi connectivity index (χ2v) is 16.2. The average Bonchev–Trinajstić information content (AvgIpc) is 3.85. The Morgan fingerprint density at radius 1 is 0.594 bits per heavy atom. The number of hydrogen-bond donors (Lipinski definition) is 2. The van der Waals surface area contributed by atoms with Crippen LogP contribution >= 0.6 is 23.5 Å². The van der Waals surface area contributed by atoms with Crippen LogP contribution in [0.1, 0.15) is 51.2 Å². The maximum atomic E-state index is 11.3. The summed E-state index contributed by atoms with van der Waals surface area (Å²) in [5.74, 6) is 0.678. The number of carboxylic acids is 1. The number of ether oxygens (including phenoxy) is 4. The van der Waals surface area contributed by atoms with E-state index in [0.717, 1.165) is 35.7 Å². The first-order chi connectivity index (χ1) is 29.7. The van der Waals surface area contributed by atoms with E-state index in [1.54, 1.807) is 30.4 Å². The summed E-state index contributed by atoms with van der Waals surface area (Å²) in [5.41, 5.74) is 9.26. The Kier molecular flexibility index (Phi) is 25.7. The van der Waals surface area contributed by atoms with Crippen LogP contribution in [0.4, 0.5) is 0 Å². The SMILES string of the molecule is C.C.CCO[C@@H](Cc1ccc(OCCn2c(C)ccc2-c2ccc(SC)cc2)cc1)C(=O)O.CCO[C@H](CO)Cc1ccc(OCCn2c(C)ccc2-c2ccc(SC)cc2)cc1.[Mg+2]. The Morgan fingerprint density at radius 2 is 1.00 bits per heavy atom. The number of aliphatic hydroxyl groups excluding tert-OH is 1. The van der Waals surface area contributed by atoms with Crippen LogP contribution in [0.3, 0.4) is 0 Å². The number of nitrogens with zero attached hydrogens (tertiary/aromatic N) is 2. The van der Waals surface area contributed by atoms with E-state index in [0.29, 0.717) is 39.3 Å². The molecular weight excluding hydrogens is 853 g/mol. The first-order valence-electron chi connectivity index (χ1n) is 20.8. The van der Waals surface area contributed by atoms with Gasteiger partial charge >= 0.3 is 29.0 Å². The summed E-state index contributed by atoms with van der Waals surface area (Å²) < 4.78 is 27.3. The van der Waals surface area contributed by atoms with Gasteiger partial charge in [0.15, 0.2) is 6.10 Å². The molecule has 0 aliphatic carbocycles. The molecule has 0 aliphatic heterocycles. The van der Waals surface area contributed by atoms with Crippen LogP contribution in [0.5, 0.6) is 11.5 Å². The number of carboxylic acid groups (broad SMARTS) is 1. The van der Waals surface area contributed by atoms with Crippen molar-refractivity contribution in [1.29, 1.82) is 0 Å². The number of aryl methyl sites for hydroxylation is 2. The molecule has 340 valence electrons. The van der Waals surface area contributed by atoms with Gasteiger partial charge < -0.3 is 38.3 Å². The second-order valence-electron chi connectivity index (χ2n) is 14.4. The smallest absolute Gasteiger partial charge is 0.492 e. The first-order valence-corrected chi connectivity index (χ1v) is 23.2. The number of aromatic nitrogens is 2. The third-order valence-corrected chi connectivity index (χ3v) is 11.8. The maximum absolute atomic E-state index is 11.3. The molecule has 0 aliphatic rings. The number of hydrogen-bond acceptors (Lipinski definition) is 8. The molecule has 64 heavy (non-hydrogen) atoms. The molecule has 4 aromatic carbocycles. The van der Waals surface area contributed by atoms with Gasteiger partial charge in [-0.15, -0.1) is 23.5 Å². The first kappa shape index (κ1) is 56.0. The normalized spacial score (nSPS) is 11.5. The Hall–Kier alpha value is -4.14. The number of aliphatic carboxylic acids is 1. The van der Waals surface area contributed by atoms with Crippen LogP contribution in [0, 0.1) is 13.8 Å². The van der Waals surface area contributed by atoms with Gasteiger partial charge in [-0.05, 0) is 135 Å². The number of aliphatic hydroxyl groups is 1. The van der Waals surface area contributed by atoms with Gasteiger partial charge in [0.25, 0.3) is 0 Å². The molecule has 9 nitrogen and oxygen atoms in total. The van der Waals surface area contributed by atoms with Crippen molar-refractivity contribution in [3.8, 4) is 34.0 Å². The van der Waals surface area contributed by atoms with E-state index in [2.05, 4.69) is 108 Å². The summed E-state index contributed by atoms with van der Waals surface area (Å²) in [6, 6.07) is 41.5. The molecule has 6 rings (SSSR count). The average molecular weight is 922 g/mol. The number of rotatable bonds is 22. The van der Waals surface area contributed by atoms with Gasteiger partial charge in [0.1, 0.15) is 24.7 Å². The summed E-state index contributed by atoms with van der Waals surface area (Å²) in [7, 11) is 0. The fraction of sp³-hybridized carbons (Fsp3) is 0.365. The molecule has 0 saturated heterocycles. The molecule has 0 amide bonds. The predicted octanol–water partition coefficient (Wildman–Crippen LogP) is 11.4. The number of carbonyl (C=O) groups is 1. The summed E-state index contributed by atoms with van der Waals surface area (Å²) in [4.78, 5) is 13.8. The Balaban J connectivity index is 0.000000421. The quantitative estimate of drug-likeness (QED) is 0.0509. The van der Waals surface area contributed by atoms with E-state index in [9.17, 15) is 15.0 Å². The van der Waals surface area contributed by atoms with Gasteiger partial charge in [0, 0.05) is 58.6 Å². The van der Waals surface area contributed by atoms with E-state index < -0.39 is 12.1 Å². The van der Waals surface area contributed by atoms with Crippen molar-refractivity contribution in [1.82, 2.24) is 9.13 Å². The van der Waals surface area contributed by atoms with Gasteiger partial charge in [-0.3, -0.25) is 0 Å². The van der Waals surface area contributed by atoms with E-state index in [1.807, 2.05) is 55.5 Å². The summed E-state index contributed by atoms with van der Waals surface area (Å²) in [6.07, 6.45) is 4.24. The standard InChI is InChI=1S/C25H29NO4S.C25H31NO3S.2CH4.Mg/c1-4-29-24(25(27)28)17-19-6-10-21(11-7-19)30-16-15-26-18(2)5-14-23(26)20-8-12-22(31-3)13-9-20;1-4-28-23(18-27)17-20-6-10-22(11-7-20)29-16-15-26-19(2)5-14-25(26)21-8-12-24(30-3)13-9-21;;;/h5-14,24H,4,15-17H2,1-3H3,(H,27,28);5-14,23,27H,4,15-18H2,1-3H3;2*1H4;/q;;;;+2/t24-;23-;;;/m00.../s1. The van der Waals surface area contributed by atoms with Crippen molar-refractivity contribution >= 4 is 52.5 Å². The molecule has 0 bridgehead atoms. The molecule has 2 atom stereocenters. The van der Waals surface area contributed by atoms with E-state index >= 15 is 0 Å². The zero-order valence-electron chi connectivity index (χ0n) is 36.9. The molecular formula is C52H68MgN2O7S2+2. The third kappa shape index (κ3) is 16.7. The van der Waals surface area contributed by atoms with Gasteiger partial charge in [-0.25, -0.2) is 4.79 Å². The predicted molar refractivity (Wildman–Crippen MR) is 269 cm³/mol. The fourth-order valence-corrected chi connectivity index (χ4v) is 7.84. The van der Waals surface area contributed by atoms with E-state index in [-0.39, 0.29) is 50.6 Å². The van der Waals surface area contributed by atoms with Crippen LogP contribution in [0.25, 0.3) is 22.5 Å². The molecule has 2 aromatic heterocycles. The summed E-state index contributed by atoms with van der Waals surface area (Å²) in [5, 5.41) is 18.6. The molecule has 0 fully saturated rings. The number of benzene rings is 4. The molecule has 6 aromatic rings. The van der Waals surface area contributed by atoms with E-state index in [1.165, 1.54) is 43.7 Å². The topological polar surface area (TPSA) is 104 Å². The Labute approximate surface area is 407 Å². The van der Waals surface area contributed by atoms with Crippen molar-refractivity contribution in [3.63, 3.8) is 0 Å². The van der Waals surface area contributed by atoms with Crippen LogP contribution in [-0.2, 0) is 40.2 Å². The third-order valence-electron chi connectivity index (χ3n) is 10.3. The Bertz CT molecular complexity index is 2210. The summed E-state index contributed by atoms with van der Waals surface area (Å²) >= 11 is 3.49. The van der Waals surface area contributed by atoms with Crippen molar-refractivity contribution in [3.05, 3.63) is 144 Å². The zero-order valence-corrected chi connectivity index (χ0v) is 40.0. The molecule has 12 heteroatoms. The minimum Gasteiger partial charge on any atom is -0.492 e. The van der Waals surface area contributed by atoms with Crippen molar-refractivity contribution in [2.24, 2.45) is 0 Å². The van der Waals surface area contributed by atoms with Crippen LogP contribution in [0.15, 0.2) is 131 Å². The van der Waals surface area contributed by atoms with Crippen LogP contribution < -0.4 is 9.47 Å². The van der Waals surface area contributed by atoms with Crippen molar-refractivity contribution in [2.75, 3.05) is 45.5 Å². The van der Waals surface area contributed by atoms with Crippen LogP contribution in [-0.4, -0.2) is 106 Å². The zero-order chi connectivity index (χ0) is 43.6. The second kappa shape index (κ2) is 29.4. The van der Waals surface area contributed by atoms with Crippen molar-refractivity contribution < 1.29 is 34.0 Å². The van der Waals surface area contributed by atoms with Gasteiger partial charge in [0.2, 0.25) is 0 Å². The molecule has 0 unspecified atom stereocenters. The largest absolute Gasteiger partial charge is 2.00 e.